The first kappa shape index (κ1) is 18.4. The van der Waals surface area contributed by atoms with Gasteiger partial charge in [0.05, 0.1) is 7.11 Å². The van der Waals surface area contributed by atoms with Gasteiger partial charge in [0.25, 0.3) is 0 Å². The molecule has 26 heavy (non-hydrogen) atoms. The fourth-order valence-electron chi connectivity index (χ4n) is 3.78. The van der Waals surface area contributed by atoms with Crippen LogP contribution in [0.5, 0.6) is 0 Å². The second kappa shape index (κ2) is 7.90. The topological polar surface area (TPSA) is 29.5 Å². The Morgan fingerprint density at radius 3 is 2.31 bits per heavy atom. The number of carbonyl (C=O) groups is 1. The highest BCUT2D eigenvalue weighted by Gasteiger charge is 2.24. The maximum absolute atomic E-state index is 14.7. The third-order valence-electron chi connectivity index (χ3n) is 5.16. The summed E-state index contributed by atoms with van der Waals surface area (Å²) < 4.78 is 19.2. The largest absolute Gasteiger partial charge is 0.466 e. The van der Waals surface area contributed by atoms with Gasteiger partial charge in [0, 0.05) is 24.9 Å². The van der Waals surface area contributed by atoms with Crippen molar-refractivity contribution in [2.75, 3.05) is 25.1 Å². The number of allylic oxidation sites excluding steroid dienone is 5. The van der Waals surface area contributed by atoms with Crippen LogP contribution in [0.25, 0.3) is 5.57 Å². The van der Waals surface area contributed by atoms with E-state index in [0.29, 0.717) is 11.1 Å². The average molecular weight is 355 g/mol. The molecule has 2 aliphatic rings. The fraction of sp³-hybridized carbons (Fsp3) is 0.409. The second-order valence-electron chi connectivity index (χ2n) is 7.06. The van der Waals surface area contributed by atoms with E-state index in [0.717, 1.165) is 31.5 Å². The van der Waals surface area contributed by atoms with Crippen LogP contribution in [0, 0.1) is 0 Å². The summed E-state index contributed by atoms with van der Waals surface area (Å²) in [4.78, 5) is 13.7. The molecular formula is C22H26FNO2. The Labute approximate surface area is 154 Å². The van der Waals surface area contributed by atoms with Crippen LogP contribution in [0.2, 0.25) is 0 Å². The molecule has 0 aromatic heterocycles. The van der Waals surface area contributed by atoms with Crippen LogP contribution < -0.4 is 4.90 Å². The summed E-state index contributed by atoms with van der Waals surface area (Å²) in [7, 11) is 1.32. The van der Waals surface area contributed by atoms with Crippen LogP contribution in [0.1, 0.15) is 43.4 Å². The van der Waals surface area contributed by atoms with Gasteiger partial charge in [-0.05, 0) is 85.6 Å². The maximum atomic E-state index is 14.7. The number of halogens is 1. The molecule has 2 aliphatic heterocycles. The van der Waals surface area contributed by atoms with Gasteiger partial charge in [-0.1, -0.05) is 6.08 Å². The van der Waals surface area contributed by atoms with E-state index < -0.39 is 5.97 Å². The number of ether oxygens (including phenoxy) is 1. The van der Waals surface area contributed by atoms with E-state index in [1.807, 2.05) is 6.92 Å². The Morgan fingerprint density at radius 1 is 1.12 bits per heavy atom. The van der Waals surface area contributed by atoms with Crippen LogP contribution >= 0.6 is 0 Å². The molecule has 3 nitrogen and oxygen atoms in total. The van der Waals surface area contributed by atoms with Gasteiger partial charge in [0.15, 0.2) is 0 Å². The molecule has 2 heterocycles. The molecule has 0 spiro atoms. The van der Waals surface area contributed by atoms with Crippen molar-refractivity contribution < 1.29 is 13.9 Å². The third-order valence-corrected chi connectivity index (χ3v) is 5.16. The Kier molecular flexibility index (Phi) is 5.60. The Morgan fingerprint density at radius 2 is 1.73 bits per heavy atom. The number of hydrogen-bond acceptors (Lipinski definition) is 3. The molecule has 0 N–H and O–H groups in total. The highest BCUT2D eigenvalue weighted by molar-refractivity contribution is 5.83. The van der Waals surface area contributed by atoms with Gasteiger partial charge in [0.2, 0.25) is 0 Å². The van der Waals surface area contributed by atoms with E-state index in [1.165, 1.54) is 48.9 Å². The lowest BCUT2D eigenvalue weighted by Gasteiger charge is -2.37. The minimum Gasteiger partial charge on any atom is -0.466 e. The summed E-state index contributed by atoms with van der Waals surface area (Å²) in [5.41, 5.74) is 6.33. The molecule has 138 valence electrons. The number of hydrogen-bond donors (Lipinski definition) is 0. The summed E-state index contributed by atoms with van der Waals surface area (Å²) in [5, 5.41) is 0. The van der Waals surface area contributed by atoms with Crippen LogP contribution in [0.3, 0.4) is 0 Å². The highest BCUT2D eigenvalue weighted by atomic mass is 19.1. The van der Waals surface area contributed by atoms with E-state index in [-0.39, 0.29) is 5.83 Å². The summed E-state index contributed by atoms with van der Waals surface area (Å²) in [6.45, 7) is 5.83. The normalized spacial score (nSPS) is 17.8. The van der Waals surface area contributed by atoms with Gasteiger partial charge in [-0.15, -0.1) is 0 Å². The molecule has 0 amide bonds. The summed E-state index contributed by atoms with van der Waals surface area (Å²) in [6, 6.07) is 4.30. The zero-order chi connectivity index (χ0) is 18.7. The van der Waals surface area contributed by atoms with Crippen LogP contribution in [-0.2, 0) is 22.4 Å². The summed E-state index contributed by atoms with van der Waals surface area (Å²) >= 11 is 0. The van der Waals surface area contributed by atoms with Crippen molar-refractivity contribution in [1.82, 2.24) is 0 Å². The Balaban J connectivity index is 1.89. The van der Waals surface area contributed by atoms with E-state index in [2.05, 4.69) is 21.8 Å². The van der Waals surface area contributed by atoms with Crippen molar-refractivity contribution in [2.24, 2.45) is 0 Å². The molecule has 3 rings (SSSR count). The lowest BCUT2D eigenvalue weighted by Crippen LogP contribution is -2.34. The van der Waals surface area contributed by atoms with Gasteiger partial charge in [-0.25, -0.2) is 9.18 Å². The zero-order valence-electron chi connectivity index (χ0n) is 15.8. The monoisotopic (exact) mass is 355 g/mol. The molecule has 4 heteroatoms. The van der Waals surface area contributed by atoms with E-state index in [4.69, 9.17) is 0 Å². The first-order valence-electron chi connectivity index (χ1n) is 9.21. The minimum atomic E-state index is -0.438. The van der Waals surface area contributed by atoms with Gasteiger partial charge in [0.1, 0.15) is 5.83 Å². The molecule has 1 aromatic rings. The molecular weight excluding hydrogens is 329 g/mol. The smallest absolute Gasteiger partial charge is 0.330 e. The molecule has 0 unspecified atom stereocenters. The number of aryl methyl sites for hydroxylation is 2. The van der Waals surface area contributed by atoms with E-state index in [1.54, 1.807) is 13.0 Å². The highest BCUT2D eigenvalue weighted by Crippen LogP contribution is 2.38. The average Bonchev–Trinajstić information content (AvgIpc) is 2.65. The molecule has 1 aromatic carbocycles. The van der Waals surface area contributed by atoms with Crippen molar-refractivity contribution in [3.8, 4) is 0 Å². The van der Waals surface area contributed by atoms with E-state index in [9.17, 15) is 9.18 Å². The first-order chi connectivity index (χ1) is 12.5. The number of nitrogens with zero attached hydrogens (tertiary/aromatic N) is 1. The van der Waals surface area contributed by atoms with E-state index >= 15 is 0 Å². The van der Waals surface area contributed by atoms with Crippen LogP contribution in [0.4, 0.5) is 10.1 Å². The third kappa shape index (κ3) is 3.90. The molecule has 0 bridgehead atoms. The predicted octanol–water partition coefficient (Wildman–Crippen LogP) is 4.76. The molecule has 0 atom stereocenters. The number of rotatable bonds is 4. The lowest BCUT2D eigenvalue weighted by molar-refractivity contribution is -0.134. The number of methoxy groups -OCH3 is 1. The van der Waals surface area contributed by atoms with Gasteiger partial charge >= 0.3 is 5.97 Å². The quantitative estimate of drug-likeness (QED) is 0.443. The SMILES string of the molecule is COC(=O)/C=C(C)/C=C/C(F)=C(/C)c1cc2c3c(c1)CCCN3CCC2. The van der Waals surface area contributed by atoms with Crippen molar-refractivity contribution in [2.45, 2.75) is 39.5 Å². The molecule has 0 saturated carbocycles. The van der Waals surface area contributed by atoms with Crippen molar-refractivity contribution in [3.05, 3.63) is 58.5 Å². The predicted molar refractivity (Wildman–Crippen MR) is 104 cm³/mol. The number of esters is 1. The van der Waals surface area contributed by atoms with Crippen LogP contribution in [0.15, 0.2) is 41.8 Å². The fourth-order valence-corrected chi connectivity index (χ4v) is 3.78. The maximum Gasteiger partial charge on any atom is 0.330 e. The van der Waals surface area contributed by atoms with Crippen LogP contribution in [-0.4, -0.2) is 26.2 Å². The zero-order valence-corrected chi connectivity index (χ0v) is 15.8. The standard InChI is InChI=1S/C22H26FNO2/c1-15(12-21(25)26-3)8-9-20(23)16(2)19-13-17-6-4-10-24-11-5-7-18(14-19)22(17)24/h8-9,12-14H,4-7,10-11H2,1-3H3/b9-8+,15-12+,20-16+. The van der Waals surface area contributed by atoms with Gasteiger partial charge < -0.3 is 9.64 Å². The van der Waals surface area contributed by atoms with Crippen molar-refractivity contribution in [3.63, 3.8) is 0 Å². The minimum absolute atomic E-state index is 0.279. The van der Waals surface area contributed by atoms with Gasteiger partial charge in [-0.2, -0.15) is 0 Å². The van der Waals surface area contributed by atoms with Crippen molar-refractivity contribution in [1.29, 1.82) is 0 Å². The summed E-state index contributed by atoms with van der Waals surface area (Å²) in [6.07, 6.45) is 8.83. The number of carbonyl (C=O) groups excluding carboxylic acids is 1. The second-order valence-corrected chi connectivity index (χ2v) is 7.06. The van der Waals surface area contributed by atoms with Crippen molar-refractivity contribution >= 4 is 17.2 Å². The molecule has 0 aliphatic carbocycles. The summed E-state index contributed by atoms with van der Waals surface area (Å²) in [5.74, 6) is -0.718. The Hall–Kier alpha value is -2.36. The number of anilines is 1. The van der Waals surface area contributed by atoms with Gasteiger partial charge in [-0.3, -0.25) is 0 Å². The number of benzene rings is 1. The molecule has 0 radical (unpaired) electrons. The first-order valence-corrected chi connectivity index (χ1v) is 9.21. The molecule has 0 fully saturated rings. The Bertz CT molecular complexity index is 773. The lowest BCUT2D eigenvalue weighted by atomic mass is 9.88. The molecule has 0 saturated heterocycles.